The maximum atomic E-state index is 11.6. The van der Waals surface area contributed by atoms with Gasteiger partial charge in [0.2, 0.25) is 0 Å². The number of nitrogens with zero attached hydrogens (tertiary/aromatic N) is 2. The van der Waals surface area contributed by atoms with Crippen molar-refractivity contribution >= 4 is 18.3 Å². The van der Waals surface area contributed by atoms with Crippen LogP contribution in [0.2, 0.25) is 0 Å². The fraction of sp³-hybridized carbons (Fsp3) is 0.545. The summed E-state index contributed by atoms with van der Waals surface area (Å²) in [7, 11) is 1.52. The van der Waals surface area contributed by atoms with E-state index >= 15 is 0 Å². The second kappa shape index (κ2) is 8.66. The zero-order valence-electron chi connectivity index (χ0n) is 10.6. The van der Waals surface area contributed by atoms with E-state index in [4.69, 9.17) is 0 Å². The second-order valence-electron chi connectivity index (χ2n) is 3.69. The number of carbonyl (C=O) groups is 1. The fourth-order valence-electron chi connectivity index (χ4n) is 1.28. The molecule has 1 rings (SSSR count). The number of halogens is 1. The van der Waals surface area contributed by atoms with E-state index < -0.39 is 0 Å². The number of hydrogen-bond donors (Lipinski definition) is 2. The molecule has 0 aliphatic heterocycles. The second-order valence-corrected chi connectivity index (χ2v) is 3.69. The van der Waals surface area contributed by atoms with E-state index in [1.807, 2.05) is 0 Å². The van der Waals surface area contributed by atoms with Crippen LogP contribution >= 0.6 is 12.4 Å². The molecule has 0 spiro atoms. The van der Waals surface area contributed by atoms with E-state index in [1.165, 1.54) is 19.2 Å². The van der Waals surface area contributed by atoms with Gasteiger partial charge in [-0.2, -0.15) is 5.10 Å². The molecule has 0 radical (unpaired) electrons. The van der Waals surface area contributed by atoms with Crippen molar-refractivity contribution in [2.75, 3.05) is 19.6 Å². The van der Waals surface area contributed by atoms with Gasteiger partial charge in [0.25, 0.3) is 11.5 Å². The van der Waals surface area contributed by atoms with Gasteiger partial charge in [0, 0.05) is 26.2 Å². The van der Waals surface area contributed by atoms with Crippen LogP contribution < -0.4 is 16.2 Å². The Morgan fingerprint density at radius 2 is 2.06 bits per heavy atom. The molecule has 0 aromatic carbocycles. The highest BCUT2D eigenvalue weighted by molar-refractivity contribution is 5.91. The molecule has 0 saturated carbocycles. The average molecular weight is 275 g/mol. The van der Waals surface area contributed by atoms with E-state index in [0.29, 0.717) is 6.54 Å². The first-order valence-electron chi connectivity index (χ1n) is 5.68. The van der Waals surface area contributed by atoms with E-state index in [9.17, 15) is 9.59 Å². The normalized spacial score (nSPS) is 9.67. The summed E-state index contributed by atoms with van der Waals surface area (Å²) in [5, 5.41) is 9.76. The number of aryl methyl sites for hydroxylation is 1. The minimum atomic E-state index is -0.265. The molecule has 1 aromatic heterocycles. The van der Waals surface area contributed by atoms with Gasteiger partial charge in [-0.25, -0.2) is 4.68 Å². The van der Waals surface area contributed by atoms with Crippen molar-refractivity contribution in [1.29, 1.82) is 0 Å². The van der Waals surface area contributed by atoms with Crippen LogP contribution in [0.3, 0.4) is 0 Å². The quantitative estimate of drug-likeness (QED) is 0.712. The molecular formula is C11H19ClN4O2. The summed E-state index contributed by atoms with van der Waals surface area (Å²) >= 11 is 0. The lowest BCUT2D eigenvalue weighted by Gasteiger charge is -2.06. The van der Waals surface area contributed by atoms with E-state index in [0.717, 1.165) is 24.2 Å². The number of nitrogens with one attached hydrogen (secondary N) is 2. The van der Waals surface area contributed by atoms with Crippen molar-refractivity contribution in [3.05, 3.63) is 28.2 Å². The Labute approximate surface area is 112 Å². The predicted octanol–water partition coefficient (Wildman–Crippen LogP) is -0.0685. The molecule has 0 fully saturated rings. The third-order valence-corrected chi connectivity index (χ3v) is 2.21. The molecule has 6 nitrogen and oxygen atoms in total. The minimum absolute atomic E-state index is 0. The Bertz CT molecular complexity index is 433. The van der Waals surface area contributed by atoms with Crippen molar-refractivity contribution in [1.82, 2.24) is 20.4 Å². The summed E-state index contributed by atoms with van der Waals surface area (Å²) in [4.78, 5) is 22.7. The van der Waals surface area contributed by atoms with Gasteiger partial charge in [0.05, 0.1) is 0 Å². The Kier molecular flexibility index (Phi) is 7.98. The molecule has 0 saturated heterocycles. The predicted molar refractivity (Wildman–Crippen MR) is 72.2 cm³/mol. The first-order chi connectivity index (χ1) is 8.15. The molecule has 2 N–H and O–H groups in total. The Balaban J connectivity index is 0.00000289. The molecule has 0 bridgehead atoms. The van der Waals surface area contributed by atoms with Gasteiger partial charge in [-0.05, 0) is 19.0 Å². The molecule has 1 amide bonds. The number of rotatable bonds is 6. The maximum absolute atomic E-state index is 11.6. The van der Waals surface area contributed by atoms with Gasteiger partial charge >= 0.3 is 0 Å². The molecule has 18 heavy (non-hydrogen) atoms. The molecule has 0 atom stereocenters. The highest BCUT2D eigenvalue weighted by Gasteiger charge is 2.07. The van der Waals surface area contributed by atoms with Crippen LogP contribution in [-0.4, -0.2) is 35.3 Å². The van der Waals surface area contributed by atoms with Crippen LogP contribution in [0.4, 0.5) is 0 Å². The Morgan fingerprint density at radius 1 is 1.33 bits per heavy atom. The van der Waals surface area contributed by atoms with Crippen LogP contribution in [0, 0.1) is 0 Å². The third kappa shape index (κ3) is 5.29. The molecule has 102 valence electrons. The van der Waals surface area contributed by atoms with Crippen LogP contribution in [0.1, 0.15) is 23.8 Å². The lowest BCUT2D eigenvalue weighted by molar-refractivity contribution is 0.0946. The van der Waals surface area contributed by atoms with E-state index in [1.54, 1.807) is 0 Å². The van der Waals surface area contributed by atoms with Crippen LogP contribution in [0.5, 0.6) is 0 Å². The lowest BCUT2D eigenvalue weighted by Crippen LogP contribution is -2.33. The number of carbonyl (C=O) groups excluding carboxylic acids is 1. The fourth-order valence-corrected chi connectivity index (χ4v) is 1.28. The molecule has 0 unspecified atom stereocenters. The summed E-state index contributed by atoms with van der Waals surface area (Å²) in [5.74, 6) is -0.265. The van der Waals surface area contributed by atoms with Gasteiger partial charge < -0.3 is 10.6 Å². The SMILES string of the molecule is CCCNCCNC(=O)c1ccc(=O)n(C)n1.Cl. The lowest BCUT2D eigenvalue weighted by atomic mass is 10.3. The third-order valence-electron chi connectivity index (χ3n) is 2.21. The monoisotopic (exact) mass is 274 g/mol. The first-order valence-corrected chi connectivity index (χ1v) is 5.68. The summed E-state index contributed by atoms with van der Waals surface area (Å²) < 4.78 is 1.14. The Morgan fingerprint density at radius 3 is 2.67 bits per heavy atom. The average Bonchev–Trinajstić information content (AvgIpc) is 2.32. The number of aromatic nitrogens is 2. The molecule has 1 heterocycles. The minimum Gasteiger partial charge on any atom is -0.349 e. The highest BCUT2D eigenvalue weighted by Crippen LogP contribution is 1.88. The number of hydrogen-bond acceptors (Lipinski definition) is 4. The summed E-state index contributed by atoms with van der Waals surface area (Å²) in [6, 6.07) is 2.76. The van der Waals surface area contributed by atoms with Gasteiger partial charge in [0.1, 0.15) is 5.69 Å². The highest BCUT2D eigenvalue weighted by atomic mass is 35.5. The van der Waals surface area contributed by atoms with Crippen LogP contribution in [0.25, 0.3) is 0 Å². The zero-order valence-corrected chi connectivity index (χ0v) is 11.4. The molecule has 7 heteroatoms. The molecular weight excluding hydrogens is 256 g/mol. The van der Waals surface area contributed by atoms with Crippen molar-refractivity contribution in [3.8, 4) is 0 Å². The van der Waals surface area contributed by atoms with Crippen LogP contribution in [0.15, 0.2) is 16.9 Å². The summed E-state index contributed by atoms with van der Waals surface area (Å²) in [6.07, 6.45) is 1.07. The summed E-state index contributed by atoms with van der Waals surface area (Å²) in [6.45, 7) is 4.29. The first kappa shape index (κ1) is 16.6. The van der Waals surface area contributed by atoms with Crippen molar-refractivity contribution in [2.24, 2.45) is 7.05 Å². The topological polar surface area (TPSA) is 76.0 Å². The van der Waals surface area contributed by atoms with Crippen molar-refractivity contribution < 1.29 is 4.79 Å². The van der Waals surface area contributed by atoms with E-state index in [2.05, 4.69) is 22.7 Å². The van der Waals surface area contributed by atoms with Crippen molar-refractivity contribution in [3.63, 3.8) is 0 Å². The van der Waals surface area contributed by atoms with Gasteiger partial charge in [-0.3, -0.25) is 9.59 Å². The standard InChI is InChI=1S/C11H18N4O2.ClH/c1-3-6-12-7-8-13-11(17)9-4-5-10(16)15(2)14-9;/h4-5,12H,3,6-8H2,1-2H3,(H,13,17);1H. The maximum Gasteiger partial charge on any atom is 0.271 e. The zero-order chi connectivity index (χ0) is 12.7. The van der Waals surface area contributed by atoms with Gasteiger partial charge in [-0.15, -0.1) is 12.4 Å². The van der Waals surface area contributed by atoms with E-state index in [-0.39, 0.29) is 29.6 Å². The molecule has 0 aliphatic rings. The van der Waals surface area contributed by atoms with Crippen LogP contribution in [-0.2, 0) is 7.05 Å². The Hall–Kier alpha value is -1.40. The molecule has 0 aliphatic carbocycles. The molecule has 1 aromatic rings. The van der Waals surface area contributed by atoms with Crippen molar-refractivity contribution in [2.45, 2.75) is 13.3 Å². The largest absolute Gasteiger partial charge is 0.349 e. The smallest absolute Gasteiger partial charge is 0.271 e. The van der Waals surface area contributed by atoms with Gasteiger partial charge in [0.15, 0.2) is 0 Å². The number of amides is 1. The van der Waals surface area contributed by atoms with Gasteiger partial charge in [-0.1, -0.05) is 6.92 Å². The summed E-state index contributed by atoms with van der Waals surface area (Å²) in [5.41, 5.74) is 0.0220.